The van der Waals surface area contributed by atoms with Crippen LogP contribution in [0, 0.1) is 18.8 Å². The number of nitrogens with one attached hydrogen (secondary N) is 1. The third kappa shape index (κ3) is 7.17. The first-order chi connectivity index (χ1) is 14.0. The second-order valence-corrected chi connectivity index (χ2v) is 6.73. The molecule has 0 aliphatic heterocycles. The number of unbranched alkanes of at least 4 members (excludes halogenated alkanes) is 1. The molecule has 0 aliphatic carbocycles. The number of carbonyl (C=O) groups is 1. The van der Waals surface area contributed by atoms with E-state index in [1.54, 1.807) is 19.2 Å². The summed E-state index contributed by atoms with van der Waals surface area (Å²) in [4.78, 5) is 12.2. The fourth-order valence-corrected chi connectivity index (χ4v) is 2.69. The average Bonchev–Trinajstić information content (AvgIpc) is 2.74. The number of ether oxygens (including phenoxy) is 2. The highest BCUT2D eigenvalue weighted by Crippen LogP contribution is 2.28. The minimum atomic E-state index is -1.17. The topological polar surface area (TPSA) is 67.8 Å². The largest absolute Gasteiger partial charge is 0.493 e. The Morgan fingerprint density at radius 3 is 2.59 bits per heavy atom. The van der Waals surface area contributed by atoms with E-state index in [9.17, 15) is 9.90 Å². The Balaban J connectivity index is 1.86. The monoisotopic (exact) mass is 395 g/mol. The fourth-order valence-electron chi connectivity index (χ4n) is 2.69. The van der Waals surface area contributed by atoms with Gasteiger partial charge in [0.15, 0.2) is 17.6 Å². The maximum atomic E-state index is 12.2. The lowest BCUT2D eigenvalue weighted by Gasteiger charge is -2.13. The van der Waals surface area contributed by atoms with Gasteiger partial charge in [-0.25, -0.2) is 0 Å². The lowest BCUT2D eigenvalue weighted by Crippen LogP contribution is -2.30. The first-order valence-electron chi connectivity index (χ1n) is 9.83. The van der Waals surface area contributed by atoms with E-state index in [4.69, 9.17) is 9.47 Å². The molecule has 5 heteroatoms. The van der Waals surface area contributed by atoms with E-state index < -0.39 is 12.0 Å². The molecular formula is C24H29NO4. The summed E-state index contributed by atoms with van der Waals surface area (Å²) in [5, 5.41) is 12.9. The number of aliphatic hydroxyl groups is 1. The summed E-state index contributed by atoms with van der Waals surface area (Å²) in [5.41, 5.74) is 2.66. The van der Waals surface area contributed by atoms with Gasteiger partial charge in [0.2, 0.25) is 0 Å². The molecule has 0 spiro atoms. The van der Waals surface area contributed by atoms with Gasteiger partial charge in [-0.3, -0.25) is 4.79 Å². The van der Waals surface area contributed by atoms with Gasteiger partial charge >= 0.3 is 0 Å². The molecule has 0 bridgehead atoms. The zero-order valence-electron chi connectivity index (χ0n) is 17.3. The van der Waals surface area contributed by atoms with Gasteiger partial charge in [-0.1, -0.05) is 54.7 Å². The molecule has 2 aromatic rings. The van der Waals surface area contributed by atoms with Crippen LogP contribution in [0.25, 0.3) is 0 Å². The van der Waals surface area contributed by atoms with Crippen molar-refractivity contribution in [2.75, 3.05) is 20.3 Å². The van der Waals surface area contributed by atoms with E-state index in [2.05, 4.69) is 24.1 Å². The molecule has 2 rings (SSSR count). The van der Waals surface area contributed by atoms with Gasteiger partial charge in [0.1, 0.15) is 6.61 Å². The van der Waals surface area contributed by atoms with Crippen molar-refractivity contribution in [3.05, 3.63) is 59.2 Å². The minimum Gasteiger partial charge on any atom is -0.493 e. The zero-order chi connectivity index (χ0) is 21.1. The average molecular weight is 395 g/mol. The van der Waals surface area contributed by atoms with Gasteiger partial charge in [0.25, 0.3) is 5.91 Å². The standard InChI is InChI=1S/C24H29NO4/c1-4-5-6-7-16-29-21-13-10-19(17-22(21)28-3)14-15-25-24(27)23(26)20-11-8-18(2)9-12-20/h8-13,17,23,26H,4-5,14-16H2,1-3H3,(H,25,27). The van der Waals surface area contributed by atoms with Crippen molar-refractivity contribution in [3.8, 4) is 23.3 Å². The lowest BCUT2D eigenvalue weighted by atomic mass is 10.1. The van der Waals surface area contributed by atoms with Crippen LogP contribution in [-0.4, -0.2) is 31.3 Å². The van der Waals surface area contributed by atoms with Crippen LogP contribution in [0.5, 0.6) is 11.5 Å². The van der Waals surface area contributed by atoms with E-state index in [1.807, 2.05) is 37.3 Å². The minimum absolute atomic E-state index is 0.322. The summed E-state index contributed by atoms with van der Waals surface area (Å²) in [6, 6.07) is 12.9. The molecule has 0 heterocycles. The van der Waals surface area contributed by atoms with Crippen molar-refractivity contribution in [2.24, 2.45) is 0 Å². The second-order valence-electron chi connectivity index (χ2n) is 6.73. The fraction of sp³-hybridized carbons (Fsp3) is 0.375. The number of carbonyl (C=O) groups excluding carboxylic acids is 1. The highest BCUT2D eigenvalue weighted by Gasteiger charge is 2.16. The number of aryl methyl sites for hydroxylation is 1. The van der Waals surface area contributed by atoms with Crippen molar-refractivity contribution in [1.82, 2.24) is 5.32 Å². The normalized spacial score (nSPS) is 11.2. The molecule has 0 saturated carbocycles. The maximum absolute atomic E-state index is 12.2. The molecule has 1 amide bonds. The molecule has 2 aromatic carbocycles. The Morgan fingerprint density at radius 1 is 1.14 bits per heavy atom. The molecular weight excluding hydrogens is 366 g/mol. The lowest BCUT2D eigenvalue weighted by molar-refractivity contribution is -0.129. The van der Waals surface area contributed by atoms with E-state index in [0.29, 0.717) is 36.6 Å². The van der Waals surface area contributed by atoms with E-state index in [-0.39, 0.29) is 0 Å². The van der Waals surface area contributed by atoms with E-state index >= 15 is 0 Å². The van der Waals surface area contributed by atoms with Gasteiger partial charge in [-0.15, -0.1) is 0 Å². The molecule has 154 valence electrons. The summed E-state index contributed by atoms with van der Waals surface area (Å²) < 4.78 is 11.1. The summed E-state index contributed by atoms with van der Waals surface area (Å²) in [6.07, 6.45) is 1.34. The third-order valence-electron chi connectivity index (χ3n) is 4.38. The molecule has 2 N–H and O–H groups in total. The molecule has 1 unspecified atom stereocenters. The number of amides is 1. The first-order valence-corrected chi connectivity index (χ1v) is 9.83. The van der Waals surface area contributed by atoms with Crippen molar-refractivity contribution < 1.29 is 19.4 Å². The summed E-state index contributed by atoms with van der Waals surface area (Å²) in [5.74, 6) is 6.87. The summed E-state index contributed by atoms with van der Waals surface area (Å²) in [7, 11) is 1.59. The Hall–Kier alpha value is -2.97. The zero-order valence-corrected chi connectivity index (χ0v) is 17.3. The summed E-state index contributed by atoms with van der Waals surface area (Å²) in [6.45, 7) is 4.78. The quantitative estimate of drug-likeness (QED) is 0.637. The highest BCUT2D eigenvalue weighted by atomic mass is 16.5. The van der Waals surface area contributed by atoms with Gasteiger partial charge < -0.3 is 19.9 Å². The van der Waals surface area contributed by atoms with Gasteiger partial charge in [0.05, 0.1) is 7.11 Å². The van der Waals surface area contributed by atoms with Gasteiger partial charge in [-0.2, -0.15) is 0 Å². The van der Waals surface area contributed by atoms with Crippen LogP contribution in [0.15, 0.2) is 42.5 Å². The molecule has 29 heavy (non-hydrogen) atoms. The number of hydrogen-bond donors (Lipinski definition) is 2. The number of methoxy groups -OCH3 is 1. The Labute approximate surface area is 173 Å². The second kappa shape index (κ2) is 11.8. The predicted octanol–water partition coefficient (Wildman–Crippen LogP) is 3.58. The van der Waals surface area contributed by atoms with Crippen LogP contribution in [0.3, 0.4) is 0 Å². The van der Waals surface area contributed by atoms with Crippen LogP contribution in [0.1, 0.15) is 42.6 Å². The molecule has 0 aromatic heterocycles. The maximum Gasteiger partial charge on any atom is 0.253 e. The van der Waals surface area contributed by atoms with Gasteiger partial charge in [0, 0.05) is 13.0 Å². The SMILES string of the molecule is CCCC#CCOc1ccc(CCNC(=O)C(O)c2ccc(C)cc2)cc1OC. The first kappa shape index (κ1) is 22.3. The number of benzene rings is 2. The molecule has 0 aliphatic rings. The number of hydrogen-bond acceptors (Lipinski definition) is 4. The molecule has 5 nitrogen and oxygen atoms in total. The van der Waals surface area contributed by atoms with Gasteiger partial charge in [-0.05, 0) is 43.0 Å². The van der Waals surface area contributed by atoms with Crippen LogP contribution in [0.4, 0.5) is 0 Å². The van der Waals surface area contributed by atoms with Crippen molar-refractivity contribution >= 4 is 5.91 Å². The number of aliphatic hydroxyl groups excluding tert-OH is 1. The molecule has 0 fully saturated rings. The van der Waals surface area contributed by atoms with E-state index in [1.165, 1.54) is 0 Å². The number of rotatable bonds is 9. The third-order valence-corrected chi connectivity index (χ3v) is 4.38. The molecule has 1 atom stereocenters. The van der Waals surface area contributed by atoms with E-state index in [0.717, 1.165) is 24.0 Å². The Bertz CT molecular complexity index is 849. The van der Waals surface area contributed by atoms with Crippen molar-refractivity contribution in [1.29, 1.82) is 0 Å². The van der Waals surface area contributed by atoms with Crippen molar-refractivity contribution in [2.45, 2.75) is 39.2 Å². The van der Waals surface area contributed by atoms with Crippen LogP contribution < -0.4 is 14.8 Å². The summed E-state index contributed by atoms with van der Waals surface area (Å²) >= 11 is 0. The highest BCUT2D eigenvalue weighted by molar-refractivity contribution is 5.81. The van der Waals surface area contributed by atoms with Crippen LogP contribution in [-0.2, 0) is 11.2 Å². The Kier molecular flexibility index (Phi) is 9.07. The Morgan fingerprint density at radius 2 is 1.90 bits per heavy atom. The smallest absolute Gasteiger partial charge is 0.253 e. The van der Waals surface area contributed by atoms with Crippen LogP contribution >= 0.6 is 0 Å². The van der Waals surface area contributed by atoms with Crippen LogP contribution in [0.2, 0.25) is 0 Å². The molecule has 0 radical (unpaired) electrons. The molecule has 0 saturated heterocycles. The van der Waals surface area contributed by atoms with Crippen molar-refractivity contribution in [3.63, 3.8) is 0 Å². The predicted molar refractivity (Wildman–Crippen MR) is 114 cm³/mol.